The van der Waals surface area contributed by atoms with Crippen LogP contribution in [0.5, 0.6) is 0 Å². The molecule has 0 atom stereocenters. The molecule has 0 unspecified atom stereocenters. The second-order valence-corrected chi connectivity index (χ2v) is 5.28. The molecule has 0 spiro atoms. The molecule has 0 aliphatic carbocycles. The Balaban J connectivity index is 1.69. The van der Waals surface area contributed by atoms with E-state index < -0.39 is 0 Å². The molecule has 1 heterocycles. The molecule has 1 aromatic carbocycles. The Bertz CT molecular complexity index is 560. The quantitative estimate of drug-likeness (QED) is 0.828. The number of hydrogen-bond donors (Lipinski definition) is 2. The summed E-state index contributed by atoms with van der Waals surface area (Å²) in [6, 6.07) is 14.6. The van der Waals surface area contributed by atoms with Crippen molar-refractivity contribution in [1.29, 1.82) is 0 Å². The van der Waals surface area contributed by atoms with Gasteiger partial charge in [-0.05, 0) is 43.3 Å². The molecule has 0 fully saturated rings. The van der Waals surface area contributed by atoms with Gasteiger partial charge in [-0.25, -0.2) is 0 Å². The number of benzene rings is 1. The Kier molecular flexibility index (Phi) is 5.18. The van der Waals surface area contributed by atoms with Gasteiger partial charge in [0.2, 0.25) is 0 Å². The lowest BCUT2D eigenvalue weighted by Crippen LogP contribution is -2.36. The van der Waals surface area contributed by atoms with Crippen molar-refractivity contribution >= 4 is 17.3 Å². The molecular weight excluding hydrogens is 266 g/mol. The van der Waals surface area contributed by atoms with E-state index in [0.29, 0.717) is 5.11 Å². The molecule has 2 N–H and O–H groups in total. The fourth-order valence-electron chi connectivity index (χ4n) is 2.04. The minimum absolute atomic E-state index is 0.708. The molecule has 0 amide bonds. The summed E-state index contributed by atoms with van der Waals surface area (Å²) >= 11 is 5.29. The zero-order valence-electron chi connectivity index (χ0n) is 12.0. The summed E-state index contributed by atoms with van der Waals surface area (Å²) in [4.78, 5) is 0. The SMILES string of the molecule is Cc1ccc(CNC(=S)NCCc2ccccc2)n1C. The first kappa shape index (κ1) is 14.6. The highest BCUT2D eigenvalue weighted by molar-refractivity contribution is 7.80. The standard InChI is InChI=1S/C16H21N3S/c1-13-8-9-15(19(13)2)12-18-16(20)17-11-10-14-6-4-3-5-7-14/h3-9H,10-12H2,1-2H3,(H2,17,18,20). The van der Waals surface area contributed by atoms with Crippen LogP contribution in [0, 0.1) is 6.92 Å². The molecule has 20 heavy (non-hydrogen) atoms. The molecule has 0 saturated heterocycles. The third-order valence-electron chi connectivity index (χ3n) is 3.45. The van der Waals surface area contributed by atoms with Gasteiger partial charge < -0.3 is 15.2 Å². The highest BCUT2D eigenvalue weighted by Gasteiger charge is 2.01. The van der Waals surface area contributed by atoms with Crippen molar-refractivity contribution in [1.82, 2.24) is 15.2 Å². The van der Waals surface area contributed by atoms with Gasteiger partial charge in [0, 0.05) is 25.0 Å². The van der Waals surface area contributed by atoms with Crippen LogP contribution < -0.4 is 10.6 Å². The van der Waals surface area contributed by atoms with Crippen molar-refractivity contribution in [3.8, 4) is 0 Å². The maximum atomic E-state index is 5.29. The first-order valence-electron chi connectivity index (χ1n) is 6.83. The molecule has 4 heteroatoms. The zero-order chi connectivity index (χ0) is 14.4. The maximum absolute atomic E-state index is 5.29. The first-order valence-corrected chi connectivity index (χ1v) is 7.24. The summed E-state index contributed by atoms with van der Waals surface area (Å²) in [6.07, 6.45) is 0.978. The van der Waals surface area contributed by atoms with E-state index in [4.69, 9.17) is 12.2 Å². The van der Waals surface area contributed by atoms with Gasteiger partial charge in [0.25, 0.3) is 0 Å². The second kappa shape index (κ2) is 7.10. The lowest BCUT2D eigenvalue weighted by atomic mass is 10.1. The normalized spacial score (nSPS) is 10.3. The fraction of sp³-hybridized carbons (Fsp3) is 0.312. The summed E-state index contributed by atoms with van der Waals surface area (Å²) in [5.74, 6) is 0. The van der Waals surface area contributed by atoms with Gasteiger partial charge >= 0.3 is 0 Å². The summed E-state index contributed by atoms with van der Waals surface area (Å²) < 4.78 is 2.17. The van der Waals surface area contributed by atoms with E-state index in [0.717, 1.165) is 19.5 Å². The lowest BCUT2D eigenvalue weighted by Gasteiger charge is -2.11. The summed E-state index contributed by atoms with van der Waals surface area (Å²) in [5, 5.41) is 7.19. The number of rotatable bonds is 5. The van der Waals surface area contributed by atoms with Crippen LogP contribution in [0.2, 0.25) is 0 Å². The number of thiocarbonyl (C=S) groups is 1. The van der Waals surface area contributed by atoms with E-state index in [1.807, 2.05) is 6.07 Å². The highest BCUT2D eigenvalue weighted by Crippen LogP contribution is 2.04. The van der Waals surface area contributed by atoms with Crippen LogP contribution in [0.3, 0.4) is 0 Å². The van der Waals surface area contributed by atoms with Crippen molar-refractivity contribution in [2.45, 2.75) is 19.9 Å². The lowest BCUT2D eigenvalue weighted by molar-refractivity contribution is 0.746. The van der Waals surface area contributed by atoms with Gasteiger partial charge in [-0.2, -0.15) is 0 Å². The van der Waals surface area contributed by atoms with Crippen LogP contribution >= 0.6 is 12.2 Å². The van der Waals surface area contributed by atoms with Crippen molar-refractivity contribution in [2.75, 3.05) is 6.54 Å². The number of aromatic nitrogens is 1. The second-order valence-electron chi connectivity index (χ2n) is 4.87. The van der Waals surface area contributed by atoms with Crippen molar-refractivity contribution < 1.29 is 0 Å². The van der Waals surface area contributed by atoms with Gasteiger partial charge in [-0.15, -0.1) is 0 Å². The number of aryl methyl sites for hydroxylation is 1. The Labute approximate surface area is 126 Å². The van der Waals surface area contributed by atoms with Gasteiger partial charge in [0.1, 0.15) is 0 Å². The van der Waals surface area contributed by atoms with Gasteiger partial charge in [0.15, 0.2) is 5.11 Å². The van der Waals surface area contributed by atoms with Crippen LogP contribution in [-0.4, -0.2) is 16.2 Å². The molecule has 2 aromatic rings. The smallest absolute Gasteiger partial charge is 0.166 e. The van der Waals surface area contributed by atoms with E-state index in [1.165, 1.54) is 17.0 Å². The van der Waals surface area contributed by atoms with Crippen LogP contribution in [0.1, 0.15) is 17.0 Å². The summed E-state index contributed by atoms with van der Waals surface area (Å²) in [6.45, 7) is 3.70. The molecule has 0 saturated carbocycles. The monoisotopic (exact) mass is 287 g/mol. The third-order valence-corrected chi connectivity index (χ3v) is 3.74. The molecule has 0 bridgehead atoms. The fourth-order valence-corrected chi connectivity index (χ4v) is 2.22. The van der Waals surface area contributed by atoms with Crippen LogP contribution in [-0.2, 0) is 20.0 Å². The van der Waals surface area contributed by atoms with E-state index >= 15 is 0 Å². The van der Waals surface area contributed by atoms with Gasteiger partial charge in [-0.1, -0.05) is 30.3 Å². The average molecular weight is 287 g/mol. The Morgan fingerprint density at radius 1 is 1.10 bits per heavy atom. The summed E-state index contributed by atoms with van der Waals surface area (Å²) in [7, 11) is 2.07. The predicted molar refractivity (Wildman–Crippen MR) is 87.7 cm³/mol. The van der Waals surface area contributed by atoms with Crippen LogP contribution in [0.25, 0.3) is 0 Å². The predicted octanol–water partition coefficient (Wildman–Crippen LogP) is 2.54. The molecule has 0 aliphatic rings. The summed E-state index contributed by atoms with van der Waals surface area (Å²) in [5.41, 5.74) is 3.81. The number of nitrogens with one attached hydrogen (secondary N) is 2. The average Bonchev–Trinajstić information content (AvgIpc) is 2.78. The van der Waals surface area contributed by atoms with E-state index in [9.17, 15) is 0 Å². The van der Waals surface area contributed by atoms with Crippen LogP contribution in [0.4, 0.5) is 0 Å². The Hall–Kier alpha value is -1.81. The molecule has 1 aromatic heterocycles. The van der Waals surface area contributed by atoms with Crippen molar-refractivity contribution in [3.05, 3.63) is 59.4 Å². The molecular formula is C16H21N3S. The Morgan fingerprint density at radius 2 is 1.85 bits per heavy atom. The maximum Gasteiger partial charge on any atom is 0.166 e. The molecule has 2 rings (SSSR count). The highest BCUT2D eigenvalue weighted by atomic mass is 32.1. The molecule has 0 aliphatic heterocycles. The van der Waals surface area contributed by atoms with Gasteiger partial charge in [0.05, 0.1) is 6.54 Å². The third kappa shape index (κ3) is 4.10. The molecule has 0 radical (unpaired) electrons. The van der Waals surface area contributed by atoms with Crippen molar-refractivity contribution in [3.63, 3.8) is 0 Å². The van der Waals surface area contributed by atoms with Gasteiger partial charge in [-0.3, -0.25) is 0 Å². The van der Waals surface area contributed by atoms with Crippen molar-refractivity contribution in [2.24, 2.45) is 7.05 Å². The first-order chi connectivity index (χ1) is 9.66. The van der Waals surface area contributed by atoms with E-state index in [2.05, 4.69) is 65.6 Å². The van der Waals surface area contributed by atoms with Crippen LogP contribution in [0.15, 0.2) is 42.5 Å². The van der Waals surface area contributed by atoms with E-state index in [-0.39, 0.29) is 0 Å². The number of nitrogens with zero attached hydrogens (tertiary/aromatic N) is 1. The molecule has 106 valence electrons. The van der Waals surface area contributed by atoms with E-state index in [1.54, 1.807) is 0 Å². The largest absolute Gasteiger partial charge is 0.362 e. The topological polar surface area (TPSA) is 29.0 Å². The molecule has 3 nitrogen and oxygen atoms in total. The minimum Gasteiger partial charge on any atom is -0.362 e. The minimum atomic E-state index is 0.708. The number of hydrogen-bond acceptors (Lipinski definition) is 1. The zero-order valence-corrected chi connectivity index (χ0v) is 12.8. The Morgan fingerprint density at radius 3 is 2.50 bits per heavy atom.